The molecule has 0 aromatic rings. The van der Waals surface area contributed by atoms with Crippen LogP contribution in [0.15, 0.2) is 0 Å². The van der Waals surface area contributed by atoms with Crippen LogP contribution in [0.1, 0.15) is 20.8 Å². The third kappa shape index (κ3) is 8.03. The Morgan fingerprint density at radius 2 is 1.09 bits per heavy atom. The largest absolute Gasteiger partial charge is 0.251 e. The van der Waals surface area contributed by atoms with Gasteiger partial charge >= 0.3 is 0 Å². The minimum Gasteiger partial charge on any atom is -0.251 e. The zero-order valence-electron chi connectivity index (χ0n) is 7.20. The van der Waals surface area contributed by atoms with Crippen molar-refractivity contribution < 1.29 is 14.5 Å². The lowest BCUT2D eigenvalue weighted by Crippen LogP contribution is -2.24. The molecular formula is C6H16ClNO3. The van der Waals surface area contributed by atoms with Gasteiger partial charge in [0.05, 0.1) is 25.2 Å². The third-order valence-corrected chi connectivity index (χ3v) is 0.704. The van der Waals surface area contributed by atoms with E-state index in [0.29, 0.717) is 19.8 Å². The molecule has 0 aromatic heterocycles. The van der Waals surface area contributed by atoms with Crippen LogP contribution in [0.3, 0.4) is 0 Å². The smallest absolute Gasteiger partial charge is 0.0766 e. The van der Waals surface area contributed by atoms with E-state index in [1.54, 1.807) is 0 Å². The first-order valence-electron chi connectivity index (χ1n) is 3.54. The highest BCUT2D eigenvalue weighted by Gasteiger charge is 2.01. The van der Waals surface area contributed by atoms with Gasteiger partial charge in [-0.2, -0.15) is 0 Å². The second-order valence-corrected chi connectivity index (χ2v) is 1.48. The lowest BCUT2D eigenvalue weighted by atomic mass is 10.9. The van der Waals surface area contributed by atoms with Crippen LogP contribution >= 0.6 is 12.4 Å². The minimum atomic E-state index is 0. The molecule has 0 saturated heterocycles. The molecule has 0 atom stereocenters. The van der Waals surface area contributed by atoms with E-state index in [2.05, 4.69) is 0 Å². The molecule has 70 valence electrons. The fourth-order valence-corrected chi connectivity index (χ4v) is 0.428. The molecule has 0 amide bonds. The van der Waals surface area contributed by atoms with E-state index in [-0.39, 0.29) is 12.4 Å². The van der Waals surface area contributed by atoms with Crippen LogP contribution in [0.25, 0.3) is 0 Å². The zero-order chi connectivity index (χ0) is 7.82. The monoisotopic (exact) mass is 185 g/mol. The fraction of sp³-hybridized carbons (Fsp3) is 1.00. The Kier molecular flexibility index (Phi) is 12.6. The Morgan fingerprint density at radius 3 is 1.27 bits per heavy atom. The van der Waals surface area contributed by atoms with E-state index in [0.717, 1.165) is 5.39 Å². The summed E-state index contributed by atoms with van der Waals surface area (Å²) in [4.78, 5) is 14.7. The van der Waals surface area contributed by atoms with Gasteiger partial charge in [-0.15, -0.1) is 12.4 Å². The summed E-state index contributed by atoms with van der Waals surface area (Å²) in [5.41, 5.74) is 0. The maximum Gasteiger partial charge on any atom is 0.0766 e. The average molecular weight is 186 g/mol. The van der Waals surface area contributed by atoms with Crippen molar-refractivity contribution in [2.45, 2.75) is 20.8 Å². The first kappa shape index (κ1) is 13.7. The van der Waals surface area contributed by atoms with Crippen LogP contribution in [0.2, 0.25) is 0 Å². The molecule has 0 bridgehead atoms. The highest BCUT2D eigenvalue weighted by Crippen LogP contribution is 1.92. The van der Waals surface area contributed by atoms with Crippen molar-refractivity contribution >= 4 is 12.4 Å². The van der Waals surface area contributed by atoms with Gasteiger partial charge in [0.2, 0.25) is 0 Å². The standard InChI is InChI=1S/C6H15NO3.ClH/c1-4-8-7(9-5-2)10-6-3;/h4-6H2,1-3H3;1H. The number of halogens is 1. The molecule has 0 heterocycles. The van der Waals surface area contributed by atoms with Crippen molar-refractivity contribution in [2.24, 2.45) is 0 Å². The number of nitrogens with zero attached hydrogens (tertiary/aromatic N) is 1. The molecule has 0 N–H and O–H groups in total. The number of hydrogen-bond donors (Lipinski definition) is 0. The second kappa shape index (κ2) is 10.1. The molecular weight excluding hydrogens is 170 g/mol. The van der Waals surface area contributed by atoms with Crippen LogP contribution in [0, 0.1) is 0 Å². The van der Waals surface area contributed by atoms with E-state index < -0.39 is 0 Å². The lowest BCUT2D eigenvalue weighted by Gasteiger charge is -2.16. The summed E-state index contributed by atoms with van der Waals surface area (Å²) in [5.74, 6) is 0. The molecule has 0 spiro atoms. The molecule has 0 aliphatic heterocycles. The van der Waals surface area contributed by atoms with Gasteiger partial charge in [-0.05, 0) is 20.8 Å². The number of rotatable bonds is 6. The van der Waals surface area contributed by atoms with Crippen molar-refractivity contribution in [1.29, 1.82) is 0 Å². The van der Waals surface area contributed by atoms with E-state index >= 15 is 0 Å². The lowest BCUT2D eigenvalue weighted by molar-refractivity contribution is -0.523. The average Bonchev–Trinajstić information content (AvgIpc) is 1.90. The number of hydrogen-bond acceptors (Lipinski definition) is 4. The Hall–Kier alpha value is 0.130. The molecule has 0 aliphatic carbocycles. The highest BCUT2D eigenvalue weighted by molar-refractivity contribution is 5.85. The van der Waals surface area contributed by atoms with E-state index in [1.165, 1.54) is 0 Å². The Morgan fingerprint density at radius 1 is 0.818 bits per heavy atom. The van der Waals surface area contributed by atoms with Crippen molar-refractivity contribution in [3.63, 3.8) is 0 Å². The summed E-state index contributed by atoms with van der Waals surface area (Å²) < 4.78 is 0. The van der Waals surface area contributed by atoms with Gasteiger partial charge in [-0.3, -0.25) is 14.5 Å². The Balaban J connectivity index is 0. The summed E-state index contributed by atoms with van der Waals surface area (Å²) in [6, 6.07) is 0. The molecule has 11 heavy (non-hydrogen) atoms. The van der Waals surface area contributed by atoms with E-state index in [9.17, 15) is 0 Å². The second-order valence-electron chi connectivity index (χ2n) is 1.48. The molecule has 0 rings (SSSR count). The van der Waals surface area contributed by atoms with Gasteiger partial charge in [0.25, 0.3) is 0 Å². The molecule has 0 fully saturated rings. The summed E-state index contributed by atoms with van der Waals surface area (Å²) in [6.07, 6.45) is 0. The zero-order valence-corrected chi connectivity index (χ0v) is 8.02. The maximum atomic E-state index is 4.91. The van der Waals surface area contributed by atoms with Crippen molar-refractivity contribution in [2.75, 3.05) is 19.8 Å². The molecule has 0 aromatic carbocycles. The Labute approximate surface area is 73.7 Å². The topological polar surface area (TPSA) is 30.9 Å². The van der Waals surface area contributed by atoms with Crippen molar-refractivity contribution in [1.82, 2.24) is 5.39 Å². The summed E-state index contributed by atoms with van der Waals surface area (Å²) >= 11 is 0. The predicted molar refractivity (Wildman–Crippen MR) is 44.0 cm³/mol. The molecule has 0 unspecified atom stereocenters. The minimum absolute atomic E-state index is 0. The highest BCUT2D eigenvalue weighted by atomic mass is 35.5. The maximum absolute atomic E-state index is 4.91. The quantitative estimate of drug-likeness (QED) is 0.588. The van der Waals surface area contributed by atoms with Crippen LogP contribution in [0.4, 0.5) is 0 Å². The molecule has 0 aliphatic rings. The van der Waals surface area contributed by atoms with Gasteiger partial charge in [-0.1, -0.05) is 0 Å². The summed E-state index contributed by atoms with van der Waals surface area (Å²) in [7, 11) is 0. The molecule has 4 nitrogen and oxygen atoms in total. The van der Waals surface area contributed by atoms with E-state index in [1.807, 2.05) is 20.8 Å². The van der Waals surface area contributed by atoms with Crippen LogP contribution in [0.5, 0.6) is 0 Å². The molecule has 0 radical (unpaired) electrons. The van der Waals surface area contributed by atoms with Crippen molar-refractivity contribution in [3.05, 3.63) is 0 Å². The van der Waals surface area contributed by atoms with E-state index in [4.69, 9.17) is 14.5 Å². The predicted octanol–water partition coefficient (Wildman–Crippen LogP) is 1.56. The van der Waals surface area contributed by atoms with Crippen molar-refractivity contribution in [3.8, 4) is 0 Å². The van der Waals surface area contributed by atoms with Gasteiger partial charge in [0.1, 0.15) is 0 Å². The van der Waals surface area contributed by atoms with Crippen LogP contribution in [-0.2, 0) is 14.5 Å². The molecule has 0 saturated carbocycles. The first-order chi connectivity index (χ1) is 4.85. The van der Waals surface area contributed by atoms with Gasteiger partial charge < -0.3 is 0 Å². The van der Waals surface area contributed by atoms with Crippen LogP contribution < -0.4 is 0 Å². The SMILES string of the molecule is CCON(OCC)OCC.Cl. The third-order valence-electron chi connectivity index (χ3n) is 0.704. The van der Waals surface area contributed by atoms with Gasteiger partial charge in [0.15, 0.2) is 0 Å². The fourth-order valence-electron chi connectivity index (χ4n) is 0.428. The van der Waals surface area contributed by atoms with Crippen LogP contribution in [-0.4, -0.2) is 25.2 Å². The van der Waals surface area contributed by atoms with Gasteiger partial charge in [0, 0.05) is 0 Å². The summed E-state index contributed by atoms with van der Waals surface area (Å²) in [6.45, 7) is 7.22. The first-order valence-corrected chi connectivity index (χ1v) is 3.54. The normalized spacial score (nSPS) is 9.82. The summed E-state index contributed by atoms with van der Waals surface area (Å²) in [5, 5.41) is 1.04. The van der Waals surface area contributed by atoms with Gasteiger partial charge in [-0.25, -0.2) is 0 Å². The molecule has 5 heteroatoms. The Bertz CT molecular complexity index is 60.6.